The molecule has 0 aliphatic rings. The van der Waals surface area contributed by atoms with Gasteiger partial charge in [-0.05, 0) is 77.0 Å². The van der Waals surface area contributed by atoms with Crippen molar-refractivity contribution in [1.82, 2.24) is 0 Å². The molecule has 34 heavy (non-hydrogen) atoms. The van der Waals surface area contributed by atoms with E-state index in [0.717, 1.165) is 48.2 Å². The Kier molecular flexibility index (Phi) is 9.32. The minimum atomic E-state index is 0.470. The van der Waals surface area contributed by atoms with Gasteiger partial charge in [0.1, 0.15) is 12.4 Å². The molecular formula is C32H33OP. The van der Waals surface area contributed by atoms with Crippen molar-refractivity contribution in [3.63, 3.8) is 0 Å². The normalized spacial score (nSPS) is 12.2. The van der Waals surface area contributed by atoms with Crippen molar-refractivity contribution in [3.05, 3.63) is 138 Å². The molecule has 3 aromatic rings. The second-order valence-corrected chi connectivity index (χ2v) is 9.50. The molecule has 0 amide bonds. The summed E-state index contributed by atoms with van der Waals surface area (Å²) in [4.78, 5) is 0. The molecule has 0 radical (unpaired) electrons. The molecule has 2 aromatic carbocycles. The first-order chi connectivity index (χ1) is 16.4. The zero-order chi connectivity index (χ0) is 24.3. The summed E-state index contributed by atoms with van der Waals surface area (Å²) < 4.78 is 5.86. The lowest BCUT2D eigenvalue weighted by Gasteiger charge is -2.09. The first-order valence-electron chi connectivity index (χ1n) is 11.4. The smallest absolute Gasteiger partial charge is 0.120 e. The highest BCUT2D eigenvalue weighted by molar-refractivity contribution is 7.36. The minimum Gasteiger partial charge on any atom is -0.489 e. The summed E-state index contributed by atoms with van der Waals surface area (Å²) in [5.74, 6) is 3.08. The van der Waals surface area contributed by atoms with Gasteiger partial charge in [0.25, 0.3) is 0 Å². The Morgan fingerprint density at radius 1 is 0.882 bits per heavy atom. The number of fused-ring (bicyclic) bond motifs is 1. The third-order valence-corrected chi connectivity index (χ3v) is 6.42. The van der Waals surface area contributed by atoms with Gasteiger partial charge in [0.2, 0.25) is 0 Å². The van der Waals surface area contributed by atoms with Gasteiger partial charge in [-0.1, -0.05) is 104 Å². The summed E-state index contributed by atoms with van der Waals surface area (Å²) >= 11 is 0. The molecule has 1 atom stereocenters. The first kappa shape index (κ1) is 25.1. The van der Waals surface area contributed by atoms with Crippen molar-refractivity contribution in [2.45, 2.75) is 20.3 Å². The van der Waals surface area contributed by atoms with Crippen LogP contribution in [0, 0.1) is 6.92 Å². The van der Waals surface area contributed by atoms with Gasteiger partial charge >= 0.3 is 0 Å². The van der Waals surface area contributed by atoms with Gasteiger partial charge in [0.15, 0.2) is 0 Å². The molecular weight excluding hydrogens is 431 g/mol. The molecule has 0 N–H and O–H groups in total. The number of hydrogen-bond acceptors (Lipinski definition) is 1. The molecule has 172 valence electrons. The van der Waals surface area contributed by atoms with E-state index in [4.69, 9.17) is 4.74 Å². The summed E-state index contributed by atoms with van der Waals surface area (Å²) in [6, 6.07) is 14.9. The number of allylic oxidation sites excluding steroid dienone is 7. The van der Waals surface area contributed by atoms with Crippen LogP contribution in [0.4, 0.5) is 0 Å². The van der Waals surface area contributed by atoms with Gasteiger partial charge in [-0.2, -0.15) is 0 Å². The van der Waals surface area contributed by atoms with Crippen molar-refractivity contribution in [3.8, 4) is 5.75 Å². The molecule has 0 aliphatic heterocycles. The Morgan fingerprint density at radius 3 is 2.44 bits per heavy atom. The summed E-state index contributed by atoms with van der Waals surface area (Å²) in [5, 5.41) is 2.75. The average Bonchev–Trinajstić information content (AvgIpc) is 3.29. The van der Waals surface area contributed by atoms with E-state index in [1.165, 1.54) is 16.1 Å². The standard InChI is InChI=1S/C32H33OP/c1-6-7-8-9-26(4)23-33-31-17-16-29(27(5)21-31)14-11-25(3)20-24(2)10-12-28-13-15-30-18-19-34-32(30)22-28/h6-19,21-22,34H,2-4,20,23H2,1,5H3/b7-6-,9-8-,12-10+,14-11+. The van der Waals surface area contributed by atoms with Crippen LogP contribution in [0.15, 0.2) is 121 Å². The van der Waals surface area contributed by atoms with Crippen molar-refractivity contribution in [1.29, 1.82) is 0 Å². The maximum absolute atomic E-state index is 5.86. The Hall–Kier alpha value is -3.54. The van der Waals surface area contributed by atoms with Crippen molar-refractivity contribution in [2.75, 3.05) is 6.61 Å². The van der Waals surface area contributed by atoms with Gasteiger partial charge in [0, 0.05) is 0 Å². The molecule has 0 spiro atoms. The van der Waals surface area contributed by atoms with Crippen LogP contribution < -0.4 is 4.74 Å². The molecule has 0 saturated carbocycles. The van der Waals surface area contributed by atoms with Crippen LogP contribution in [0.25, 0.3) is 22.7 Å². The quantitative estimate of drug-likeness (QED) is 0.257. The van der Waals surface area contributed by atoms with Crippen LogP contribution in [-0.4, -0.2) is 6.61 Å². The molecule has 0 bridgehead atoms. The van der Waals surface area contributed by atoms with Gasteiger partial charge in [-0.15, -0.1) is 8.19 Å². The summed E-state index contributed by atoms with van der Waals surface area (Å²) in [6.45, 7) is 17.0. The molecule has 0 aliphatic carbocycles. The largest absolute Gasteiger partial charge is 0.489 e. The molecule has 3 rings (SSSR count). The Balaban J connectivity index is 1.51. The van der Waals surface area contributed by atoms with E-state index in [1.807, 2.05) is 37.3 Å². The van der Waals surface area contributed by atoms with Crippen LogP contribution in [0.2, 0.25) is 0 Å². The van der Waals surface area contributed by atoms with E-state index in [-0.39, 0.29) is 0 Å². The number of rotatable bonds is 11. The SMILES string of the molecule is C=C(/C=C\C=C/C)COc1ccc(/C=C/C(=C)CC(=C)/C=C/c2ccc3cc[pH]c3c2)c(C)c1. The van der Waals surface area contributed by atoms with Gasteiger partial charge in [0.05, 0.1) is 0 Å². The second kappa shape index (κ2) is 12.6. The highest BCUT2D eigenvalue weighted by atomic mass is 31.0. The number of hydrogen-bond donors (Lipinski definition) is 0. The maximum atomic E-state index is 5.86. The Bertz CT molecular complexity index is 1290. The number of aryl methyl sites for hydroxylation is 1. The van der Waals surface area contributed by atoms with Crippen LogP contribution in [0.5, 0.6) is 5.75 Å². The first-order valence-corrected chi connectivity index (χ1v) is 12.5. The molecule has 1 nitrogen and oxygen atoms in total. The van der Waals surface area contributed by atoms with Crippen molar-refractivity contribution < 1.29 is 4.74 Å². The van der Waals surface area contributed by atoms with Crippen LogP contribution in [0.3, 0.4) is 0 Å². The second-order valence-electron chi connectivity index (χ2n) is 8.33. The number of ether oxygens (including phenoxy) is 1. The van der Waals surface area contributed by atoms with Gasteiger partial charge in [-0.3, -0.25) is 0 Å². The van der Waals surface area contributed by atoms with E-state index >= 15 is 0 Å². The lowest BCUT2D eigenvalue weighted by Crippen LogP contribution is -1.99. The van der Waals surface area contributed by atoms with E-state index in [0.29, 0.717) is 6.61 Å². The predicted molar refractivity (Wildman–Crippen MR) is 154 cm³/mol. The van der Waals surface area contributed by atoms with Crippen LogP contribution in [0.1, 0.15) is 30.0 Å². The maximum Gasteiger partial charge on any atom is 0.120 e. The third-order valence-electron chi connectivity index (χ3n) is 5.34. The van der Waals surface area contributed by atoms with E-state index in [9.17, 15) is 0 Å². The Labute approximate surface area is 206 Å². The molecule has 0 saturated heterocycles. The zero-order valence-corrected chi connectivity index (χ0v) is 21.2. The summed E-state index contributed by atoms with van der Waals surface area (Å²) in [5.41, 5.74) is 6.51. The predicted octanol–water partition coefficient (Wildman–Crippen LogP) is 9.48. The zero-order valence-electron chi connectivity index (χ0n) is 20.2. The van der Waals surface area contributed by atoms with E-state index in [1.54, 1.807) is 0 Å². The monoisotopic (exact) mass is 464 g/mol. The highest BCUT2D eigenvalue weighted by Crippen LogP contribution is 2.26. The fourth-order valence-corrected chi connectivity index (χ4v) is 4.48. The van der Waals surface area contributed by atoms with E-state index in [2.05, 4.69) is 93.2 Å². The fraction of sp³-hybridized carbons (Fsp3) is 0.125. The molecule has 1 aromatic heterocycles. The molecule has 0 fully saturated rings. The van der Waals surface area contributed by atoms with Gasteiger partial charge in [-0.25, -0.2) is 0 Å². The molecule has 1 heterocycles. The summed E-state index contributed by atoms with van der Waals surface area (Å²) in [7, 11) is 0.777. The minimum absolute atomic E-state index is 0.470. The lowest BCUT2D eigenvalue weighted by molar-refractivity contribution is 0.356. The summed E-state index contributed by atoms with van der Waals surface area (Å²) in [6.07, 6.45) is 17.0. The van der Waals surface area contributed by atoms with Gasteiger partial charge < -0.3 is 4.74 Å². The fourth-order valence-electron chi connectivity index (χ4n) is 3.45. The average molecular weight is 465 g/mol. The van der Waals surface area contributed by atoms with Crippen molar-refractivity contribution in [2.24, 2.45) is 0 Å². The van der Waals surface area contributed by atoms with Crippen molar-refractivity contribution >= 4 is 30.8 Å². The Morgan fingerprint density at radius 2 is 1.68 bits per heavy atom. The topological polar surface area (TPSA) is 9.23 Å². The molecule has 1 unspecified atom stereocenters. The van der Waals surface area contributed by atoms with E-state index < -0.39 is 0 Å². The number of benzene rings is 2. The van der Waals surface area contributed by atoms with Crippen LogP contribution >= 0.6 is 8.19 Å². The third kappa shape index (κ3) is 7.80. The highest BCUT2D eigenvalue weighted by Gasteiger charge is 2.01. The van der Waals surface area contributed by atoms with Crippen LogP contribution in [-0.2, 0) is 0 Å². The lowest BCUT2D eigenvalue weighted by atomic mass is 10.0. The molecule has 2 heteroatoms.